The predicted octanol–water partition coefficient (Wildman–Crippen LogP) is 6.40. The van der Waals surface area contributed by atoms with E-state index in [1.165, 1.54) is 20.2 Å². The lowest BCUT2D eigenvalue weighted by atomic mass is 9.95. The third-order valence-corrected chi connectivity index (χ3v) is 9.00. The molecule has 13 nitrogen and oxygen atoms in total. The van der Waals surface area contributed by atoms with Gasteiger partial charge in [-0.3, -0.25) is 14.0 Å². The summed E-state index contributed by atoms with van der Waals surface area (Å²) >= 11 is 0. The first-order valence-corrected chi connectivity index (χ1v) is 16.2. The molecule has 4 aliphatic heterocycles. The van der Waals surface area contributed by atoms with Crippen molar-refractivity contribution in [1.29, 1.82) is 0 Å². The smallest absolute Gasteiger partial charge is 0.421 e. The van der Waals surface area contributed by atoms with Gasteiger partial charge >= 0.3 is 13.8 Å². The number of halogens is 3. The summed E-state index contributed by atoms with van der Waals surface area (Å²) in [5.41, 5.74) is -0.0785. The zero-order chi connectivity index (χ0) is 34.0. The molecule has 4 aliphatic rings. The normalized spacial score (nSPS) is 18.0. The van der Waals surface area contributed by atoms with Gasteiger partial charge in [-0.2, -0.15) is 23.3 Å². The molecule has 0 aliphatic carbocycles. The molecule has 0 fully saturated rings. The molecular formula is C30H34F3N8O5P. The van der Waals surface area contributed by atoms with Gasteiger partial charge in [0, 0.05) is 37.0 Å². The van der Waals surface area contributed by atoms with E-state index in [9.17, 15) is 22.5 Å². The standard InChI is InChI=1S/C30H34F3N8O5P/c1-6-45-47(43)15-18-7-8-22(24(11-18)44-5)39-28-35-13-20(30(31,32)33)26(40-28)38-23-10-9-21(37-25(23)27(42)34-4)19-12-36-41(14-19)16-29(2,3)17-46-47/h7-14H,6,15-17H2,1-5H3,(H,34,42)(H2,35,38,39,40). The first-order valence-electron chi connectivity index (χ1n) is 14.5. The maximum Gasteiger partial charge on any atom is 0.421 e. The van der Waals surface area contributed by atoms with E-state index in [-0.39, 0.29) is 42.5 Å². The summed E-state index contributed by atoms with van der Waals surface area (Å²) in [7, 11) is -0.836. The van der Waals surface area contributed by atoms with Crippen LogP contribution in [0, 0.1) is 5.41 Å². The average Bonchev–Trinajstić information content (AvgIpc) is 3.47. The van der Waals surface area contributed by atoms with E-state index in [1.54, 1.807) is 48.3 Å². The summed E-state index contributed by atoms with van der Waals surface area (Å²) in [6.07, 6.45) is -0.980. The lowest BCUT2D eigenvalue weighted by Gasteiger charge is -2.27. The molecule has 1 aromatic carbocycles. The Morgan fingerprint density at radius 1 is 1.15 bits per heavy atom. The van der Waals surface area contributed by atoms with Gasteiger partial charge in [-0.25, -0.2) is 9.97 Å². The molecular weight excluding hydrogens is 640 g/mol. The fraction of sp³-hybridized carbons (Fsp3) is 0.367. The van der Waals surface area contributed by atoms with Crippen LogP contribution in [0.4, 0.5) is 36.3 Å². The lowest BCUT2D eigenvalue weighted by Crippen LogP contribution is -2.25. The van der Waals surface area contributed by atoms with Crippen molar-refractivity contribution in [1.82, 2.24) is 30.0 Å². The number of alkyl halides is 3. The number of aromatic nitrogens is 5. The monoisotopic (exact) mass is 674 g/mol. The van der Waals surface area contributed by atoms with Gasteiger partial charge in [0.2, 0.25) is 5.95 Å². The summed E-state index contributed by atoms with van der Waals surface area (Å²) < 4.78 is 74.9. The fourth-order valence-corrected chi connectivity index (χ4v) is 6.67. The third kappa shape index (κ3) is 7.89. The van der Waals surface area contributed by atoms with Gasteiger partial charge in [0.1, 0.15) is 17.1 Å². The van der Waals surface area contributed by atoms with E-state index < -0.39 is 36.5 Å². The number of nitrogens with one attached hydrogen (secondary N) is 3. The van der Waals surface area contributed by atoms with E-state index in [2.05, 4.69) is 36.0 Å². The number of hydrogen-bond donors (Lipinski definition) is 3. The summed E-state index contributed by atoms with van der Waals surface area (Å²) in [6, 6.07) is 7.86. The molecule has 250 valence electrons. The zero-order valence-corrected chi connectivity index (χ0v) is 27.2. The molecule has 1 unspecified atom stereocenters. The molecule has 1 atom stereocenters. The maximum atomic E-state index is 14.1. The highest BCUT2D eigenvalue weighted by Gasteiger charge is 2.36. The van der Waals surface area contributed by atoms with Crippen LogP contribution in [0.2, 0.25) is 0 Å². The number of anilines is 4. The van der Waals surface area contributed by atoms with Crippen molar-refractivity contribution in [3.05, 3.63) is 65.7 Å². The van der Waals surface area contributed by atoms with Crippen LogP contribution in [0.3, 0.4) is 0 Å². The molecule has 4 aromatic rings. The van der Waals surface area contributed by atoms with Crippen LogP contribution < -0.4 is 20.7 Å². The van der Waals surface area contributed by atoms with Crippen LogP contribution in [0.15, 0.2) is 48.9 Å². The highest BCUT2D eigenvalue weighted by Crippen LogP contribution is 2.53. The first-order chi connectivity index (χ1) is 22.2. The molecule has 47 heavy (non-hydrogen) atoms. The Morgan fingerprint density at radius 2 is 1.91 bits per heavy atom. The summed E-state index contributed by atoms with van der Waals surface area (Å²) in [4.78, 5) is 25.3. The number of methoxy groups -OCH3 is 1. The summed E-state index contributed by atoms with van der Waals surface area (Å²) in [5, 5.41) is 12.4. The third-order valence-electron chi connectivity index (χ3n) is 7.07. The van der Waals surface area contributed by atoms with Gasteiger partial charge in [0.15, 0.2) is 5.69 Å². The van der Waals surface area contributed by atoms with Crippen LogP contribution in [-0.4, -0.2) is 58.0 Å². The maximum absolute atomic E-state index is 14.1. The van der Waals surface area contributed by atoms with Gasteiger partial charge in [-0.15, -0.1) is 0 Å². The van der Waals surface area contributed by atoms with Crippen molar-refractivity contribution < 1.29 is 36.3 Å². The minimum atomic E-state index is -4.83. The van der Waals surface area contributed by atoms with Crippen LogP contribution in [0.5, 0.6) is 5.75 Å². The summed E-state index contributed by atoms with van der Waals surface area (Å²) in [6.45, 7) is 6.19. The Bertz CT molecular complexity index is 1830. The van der Waals surface area contributed by atoms with Crippen molar-refractivity contribution in [3.8, 4) is 17.0 Å². The topological polar surface area (TPSA) is 154 Å². The van der Waals surface area contributed by atoms with E-state index in [1.807, 2.05) is 13.8 Å². The van der Waals surface area contributed by atoms with Gasteiger partial charge in [-0.05, 0) is 36.8 Å². The highest BCUT2D eigenvalue weighted by atomic mass is 31.2. The fourth-order valence-electron chi connectivity index (χ4n) is 4.83. The molecule has 3 N–H and O–H groups in total. The van der Waals surface area contributed by atoms with E-state index >= 15 is 0 Å². The number of benzene rings is 1. The van der Waals surface area contributed by atoms with E-state index in [0.29, 0.717) is 35.2 Å². The molecule has 0 spiro atoms. The number of ether oxygens (including phenoxy) is 1. The Kier molecular flexibility index (Phi) is 9.57. The van der Waals surface area contributed by atoms with Crippen molar-refractivity contribution in [2.24, 2.45) is 5.41 Å². The van der Waals surface area contributed by atoms with Gasteiger partial charge in [-0.1, -0.05) is 19.9 Å². The Morgan fingerprint density at radius 3 is 2.62 bits per heavy atom. The SMILES string of the molecule is CCOP1(=O)Cc2ccc(c(OC)c2)Nc2ncc(C(F)(F)F)c(n2)Nc2ccc(nc2C(=O)NC)-c2cnn(c2)CC(C)(C)CO1. The molecule has 3 aromatic heterocycles. The van der Waals surface area contributed by atoms with E-state index in [4.69, 9.17) is 13.8 Å². The second-order valence-corrected chi connectivity index (χ2v) is 13.5. The Labute approximate surface area is 268 Å². The highest BCUT2D eigenvalue weighted by molar-refractivity contribution is 7.53. The first kappa shape index (κ1) is 33.8. The number of nitrogens with zero attached hydrogens (tertiary/aromatic N) is 5. The minimum Gasteiger partial charge on any atom is -0.495 e. The molecule has 0 radical (unpaired) electrons. The van der Waals surface area contributed by atoms with Crippen LogP contribution in [-0.2, 0) is 32.5 Å². The van der Waals surface area contributed by atoms with Crippen molar-refractivity contribution >= 4 is 36.6 Å². The summed E-state index contributed by atoms with van der Waals surface area (Å²) in [5.74, 6) is -1.17. The minimum absolute atomic E-state index is 0.0169. The molecule has 17 heteroatoms. The predicted molar refractivity (Wildman–Crippen MR) is 168 cm³/mol. The molecule has 8 bridgehead atoms. The number of hydrogen-bond acceptors (Lipinski definition) is 11. The van der Waals surface area contributed by atoms with Crippen molar-refractivity contribution in [2.75, 3.05) is 38.0 Å². The quantitative estimate of drug-likeness (QED) is 0.206. The number of amides is 1. The van der Waals surface area contributed by atoms with Crippen LogP contribution in [0.25, 0.3) is 11.3 Å². The second kappa shape index (κ2) is 13.3. The number of carbonyl (C=O) groups excluding carboxylic acids is 1. The Hall–Kier alpha value is -4.53. The number of carbonyl (C=O) groups is 1. The van der Waals surface area contributed by atoms with Gasteiger partial charge < -0.3 is 29.7 Å². The van der Waals surface area contributed by atoms with E-state index in [0.717, 1.165) is 0 Å². The number of rotatable bonds is 4. The molecule has 8 rings (SSSR count). The molecule has 1 amide bonds. The lowest BCUT2D eigenvalue weighted by molar-refractivity contribution is -0.137. The molecule has 7 heterocycles. The average molecular weight is 675 g/mol. The zero-order valence-electron chi connectivity index (χ0n) is 26.3. The van der Waals surface area contributed by atoms with Gasteiger partial charge in [0.05, 0.1) is 49.8 Å². The molecule has 0 saturated heterocycles. The van der Waals surface area contributed by atoms with Crippen molar-refractivity contribution in [3.63, 3.8) is 0 Å². The van der Waals surface area contributed by atoms with Crippen molar-refractivity contribution in [2.45, 2.75) is 39.7 Å². The van der Waals surface area contributed by atoms with Crippen LogP contribution >= 0.6 is 7.60 Å². The molecule has 0 saturated carbocycles. The van der Waals surface area contributed by atoms with Gasteiger partial charge in [0.25, 0.3) is 5.91 Å². The van der Waals surface area contributed by atoms with Crippen LogP contribution in [0.1, 0.15) is 42.4 Å². The number of pyridine rings is 1. The Balaban J connectivity index is 1.65. The largest absolute Gasteiger partial charge is 0.495 e. The second-order valence-electron chi connectivity index (χ2n) is 11.5.